The normalized spacial score (nSPS) is 13.5. The van der Waals surface area contributed by atoms with Gasteiger partial charge in [-0.05, 0) is 37.1 Å². The van der Waals surface area contributed by atoms with Crippen LogP contribution in [0.2, 0.25) is 0 Å². The average molecular weight is 301 g/mol. The fraction of sp³-hybridized carbons (Fsp3) is 0.278. The zero-order chi connectivity index (χ0) is 16.2. The number of aliphatic hydroxyl groups is 1. The third-order valence-electron chi connectivity index (χ3n) is 3.54. The third kappa shape index (κ3) is 4.40. The van der Waals surface area contributed by atoms with Crippen molar-refractivity contribution in [1.82, 2.24) is 5.32 Å². The van der Waals surface area contributed by atoms with Gasteiger partial charge in [0.2, 0.25) is 5.91 Å². The van der Waals surface area contributed by atoms with Crippen LogP contribution in [0.3, 0.4) is 0 Å². The van der Waals surface area contributed by atoms with E-state index < -0.39 is 5.60 Å². The number of carbonyl (C=O) groups is 1. The van der Waals surface area contributed by atoms with Crippen LogP contribution in [0.4, 0.5) is 4.39 Å². The van der Waals surface area contributed by atoms with Gasteiger partial charge in [0.05, 0.1) is 13.0 Å². The van der Waals surface area contributed by atoms with Gasteiger partial charge in [-0.1, -0.05) is 42.0 Å². The van der Waals surface area contributed by atoms with E-state index >= 15 is 0 Å². The van der Waals surface area contributed by atoms with Crippen molar-refractivity contribution in [3.8, 4) is 0 Å². The lowest BCUT2D eigenvalue weighted by Crippen LogP contribution is -2.39. The molecule has 3 nitrogen and oxygen atoms in total. The van der Waals surface area contributed by atoms with Crippen molar-refractivity contribution in [2.24, 2.45) is 0 Å². The van der Waals surface area contributed by atoms with E-state index in [0.29, 0.717) is 5.56 Å². The van der Waals surface area contributed by atoms with Crippen LogP contribution < -0.4 is 5.32 Å². The van der Waals surface area contributed by atoms with E-state index in [4.69, 9.17) is 0 Å². The molecule has 0 fully saturated rings. The molecule has 2 aromatic carbocycles. The van der Waals surface area contributed by atoms with E-state index in [1.807, 2.05) is 31.2 Å². The Hall–Kier alpha value is -2.20. The third-order valence-corrected chi connectivity index (χ3v) is 3.54. The van der Waals surface area contributed by atoms with Gasteiger partial charge < -0.3 is 10.4 Å². The molecule has 2 aromatic rings. The van der Waals surface area contributed by atoms with E-state index in [0.717, 1.165) is 11.1 Å². The Kier molecular flexibility index (Phi) is 4.93. The number of carbonyl (C=O) groups excluding carboxylic acids is 1. The highest BCUT2D eigenvalue weighted by Crippen LogP contribution is 2.19. The lowest BCUT2D eigenvalue weighted by molar-refractivity contribution is -0.121. The smallest absolute Gasteiger partial charge is 0.224 e. The number of rotatable bonds is 5. The summed E-state index contributed by atoms with van der Waals surface area (Å²) in [6, 6.07) is 13.3. The lowest BCUT2D eigenvalue weighted by atomic mass is 9.96. The predicted molar refractivity (Wildman–Crippen MR) is 83.9 cm³/mol. The maximum atomic E-state index is 12.9. The molecule has 0 radical (unpaired) electrons. The second-order valence-electron chi connectivity index (χ2n) is 5.72. The fourth-order valence-electron chi connectivity index (χ4n) is 2.25. The topological polar surface area (TPSA) is 49.3 Å². The van der Waals surface area contributed by atoms with Crippen LogP contribution in [0.15, 0.2) is 48.5 Å². The van der Waals surface area contributed by atoms with Gasteiger partial charge >= 0.3 is 0 Å². The minimum Gasteiger partial charge on any atom is -0.384 e. The molecule has 22 heavy (non-hydrogen) atoms. The zero-order valence-electron chi connectivity index (χ0n) is 12.8. The second kappa shape index (κ2) is 6.71. The van der Waals surface area contributed by atoms with Gasteiger partial charge in [-0.2, -0.15) is 0 Å². The summed E-state index contributed by atoms with van der Waals surface area (Å²) < 4.78 is 12.9. The van der Waals surface area contributed by atoms with Gasteiger partial charge in [-0.25, -0.2) is 4.39 Å². The molecular weight excluding hydrogens is 281 g/mol. The summed E-state index contributed by atoms with van der Waals surface area (Å²) in [5.74, 6) is -0.518. The number of amides is 1. The number of halogens is 1. The van der Waals surface area contributed by atoms with Crippen LogP contribution in [-0.2, 0) is 16.8 Å². The fourth-order valence-corrected chi connectivity index (χ4v) is 2.25. The Labute approximate surface area is 129 Å². The highest BCUT2D eigenvalue weighted by molar-refractivity contribution is 5.78. The zero-order valence-corrected chi connectivity index (χ0v) is 12.8. The Balaban J connectivity index is 1.93. The quantitative estimate of drug-likeness (QED) is 0.892. The van der Waals surface area contributed by atoms with E-state index in [9.17, 15) is 14.3 Å². The van der Waals surface area contributed by atoms with Crippen LogP contribution in [0.25, 0.3) is 0 Å². The molecule has 0 aliphatic heterocycles. The van der Waals surface area contributed by atoms with Crippen molar-refractivity contribution in [1.29, 1.82) is 0 Å². The van der Waals surface area contributed by atoms with Crippen molar-refractivity contribution >= 4 is 5.91 Å². The number of benzene rings is 2. The molecule has 0 bridgehead atoms. The first-order valence-electron chi connectivity index (χ1n) is 7.17. The van der Waals surface area contributed by atoms with E-state index in [-0.39, 0.29) is 24.7 Å². The minimum absolute atomic E-state index is 0.0727. The monoisotopic (exact) mass is 301 g/mol. The van der Waals surface area contributed by atoms with Gasteiger partial charge in [0, 0.05) is 0 Å². The van der Waals surface area contributed by atoms with Crippen molar-refractivity contribution in [3.63, 3.8) is 0 Å². The van der Waals surface area contributed by atoms with E-state index in [1.165, 1.54) is 24.3 Å². The highest BCUT2D eigenvalue weighted by atomic mass is 19.1. The average Bonchev–Trinajstić information content (AvgIpc) is 2.46. The molecule has 2 N–H and O–H groups in total. The first-order valence-corrected chi connectivity index (χ1v) is 7.17. The number of hydrogen-bond donors (Lipinski definition) is 2. The summed E-state index contributed by atoms with van der Waals surface area (Å²) in [7, 11) is 0. The molecule has 0 spiro atoms. The Morgan fingerprint density at radius 3 is 2.55 bits per heavy atom. The molecule has 0 saturated carbocycles. The summed E-state index contributed by atoms with van der Waals surface area (Å²) in [5, 5.41) is 13.1. The van der Waals surface area contributed by atoms with Gasteiger partial charge in [0.25, 0.3) is 0 Å². The van der Waals surface area contributed by atoms with Crippen molar-refractivity contribution in [2.45, 2.75) is 25.9 Å². The Morgan fingerprint density at radius 2 is 1.91 bits per heavy atom. The molecular formula is C18H20FNO2. The van der Waals surface area contributed by atoms with Gasteiger partial charge in [-0.15, -0.1) is 0 Å². The Morgan fingerprint density at radius 1 is 1.23 bits per heavy atom. The molecule has 0 saturated heterocycles. The summed E-state index contributed by atoms with van der Waals surface area (Å²) in [5.41, 5.74) is 1.35. The molecule has 1 unspecified atom stereocenters. The standard InChI is InChI=1S/C18H20FNO2/c1-13-4-3-5-14(10-13)11-17(21)20-12-18(2,22)15-6-8-16(19)9-7-15/h3-10,22H,11-12H2,1-2H3,(H,20,21). The summed E-state index contributed by atoms with van der Waals surface area (Å²) in [4.78, 5) is 12.0. The lowest BCUT2D eigenvalue weighted by Gasteiger charge is -2.24. The first kappa shape index (κ1) is 16.2. The second-order valence-corrected chi connectivity index (χ2v) is 5.72. The summed E-state index contributed by atoms with van der Waals surface area (Å²) in [6.07, 6.45) is 0.265. The van der Waals surface area contributed by atoms with Crippen LogP contribution in [0, 0.1) is 12.7 Å². The Bertz CT molecular complexity index is 650. The van der Waals surface area contributed by atoms with Gasteiger partial charge in [0.15, 0.2) is 0 Å². The van der Waals surface area contributed by atoms with Crippen LogP contribution in [0.5, 0.6) is 0 Å². The SMILES string of the molecule is Cc1cccc(CC(=O)NCC(C)(O)c2ccc(F)cc2)c1. The molecule has 4 heteroatoms. The van der Waals surface area contributed by atoms with E-state index in [1.54, 1.807) is 6.92 Å². The van der Waals surface area contributed by atoms with Crippen molar-refractivity contribution < 1.29 is 14.3 Å². The molecule has 116 valence electrons. The molecule has 0 aliphatic rings. The maximum Gasteiger partial charge on any atom is 0.224 e. The molecule has 0 heterocycles. The molecule has 1 amide bonds. The van der Waals surface area contributed by atoms with E-state index in [2.05, 4.69) is 5.32 Å². The molecule has 1 atom stereocenters. The van der Waals surface area contributed by atoms with Gasteiger partial charge in [-0.3, -0.25) is 4.79 Å². The van der Waals surface area contributed by atoms with Crippen LogP contribution in [0.1, 0.15) is 23.6 Å². The largest absolute Gasteiger partial charge is 0.384 e. The maximum absolute atomic E-state index is 12.9. The molecule has 0 aliphatic carbocycles. The number of hydrogen-bond acceptors (Lipinski definition) is 2. The number of aryl methyl sites for hydroxylation is 1. The van der Waals surface area contributed by atoms with Crippen LogP contribution in [-0.4, -0.2) is 17.6 Å². The minimum atomic E-state index is -1.24. The molecule has 2 rings (SSSR count). The van der Waals surface area contributed by atoms with Crippen molar-refractivity contribution in [3.05, 3.63) is 71.0 Å². The number of nitrogens with one attached hydrogen (secondary N) is 1. The summed E-state index contributed by atoms with van der Waals surface area (Å²) in [6.45, 7) is 3.64. The first-order chi connectivity index (χ1) is 10.4. The van der Waals surface area contributed by atoms with Crippen molar-refractivity contribution in [2.75, 3.05) is 6.54 Å². The molecule has 0 aromatic heterocycles. The van der Waals surface area contributed by atoms with Gasteiger partial charge in [0.1, 0.15) is 11.4 Å². The predicted octanol–water partition coefficient (Wildman–Crippen LogP) is 2.70. The van der Waals surface area contributed by atoms with Crippen LogP contribution >= 0.6 is 0 Å². The summed E-state index contributed by atoms with van der Waals surface area (Å²) >= 11 is 0. The highest BCUT2D eigenvalue weighted by Gasteiger charge is 2.23.